The Morgan fingerprint density at radius 3 is 2.81 bits per heavy atom. The van der Waals surface area contributed by atoms with Crippen molar-refractivity contribution in [2.75, 3.05) is 25.6 Å². The van der Waals surface area contributed by atoms with E-state index >= 15 is 0 Å². The van der Waals surface area contributed by atoms with Crippen molar-refractivity contribution in [2.24, 2.45) is 0 Å². The van der Waals surface area contributed by atoms with E-state index in [2.05, 4.69) is 41.3 Å². The molecule has 1 amide bonds. The second-order valence-electron chi connectivity index (χ2n) is 7.70. The van der Waals surface area contributed by atoms with Gasteiger partial charge in [-0.05, 0) is 23.6 Å². The van der Waals surface area contributed by atoms with Gasteiger partial charge in [0.25, 0.3) is 5.91 Å². The second kappa shape index (κ2) is 7.44. The van der Waals surface area contributed by atoms with Crippen LogP contribution in [0.25, 0.3) is 11.3 Å². The molecule has 1 spiro atoms. The van der Waals surface area contributed by atoms with Crippen LogP contribution in [-0.2, 0) is 10.3 Å². The summed E-state index contributed by atoms with van der Waals surface area (Å²) in [6.45, 7) is 5.16. The first kappa shape index (κ1) is 20.2. The van der Waals surface area contributed by atoms with E-state index in [4.69, 9.17) is 30.8 Å². The van der Waals surface area contributed by atoms with E-state index in [0.717, 1.165) is 21.9 Å². The molecule has 1 saturated heterocycles. The molecule has 1 fully saturated rings. The molecule has 160 valence electrons. The summed E-state index contributed by atoms with van der Waals surface area (Å²) in [4.78, 5) is 26.4. The summed E-state index contributed by atoms with van der Waals surface area (Å²) in [6.07, 6.45) is 1.24. The summed E-state index contributed by atoms with van der Waals surface area (Å²) in [5, 5.41) is 3.23. The highest BCUT2D eigenvalue weighted by Crippen LogP contribution is 2.51. The molecule has 0 saturated carbocycles. The molecule has 8 nitrogen and oxygen atoms in total. The molecule has 4 heterocycles. The van der Waals surface area contributed by atoms with Gasteiger partial charge in [-0.25, -0.2) is 15.0 Å². The highest BCUT2D eigenvalue weighted by molar-refractivity contribution is 7.16. The van der Waals surface area contributed by atoms with Gasteiger partial charge in [0, 0.05) is 5.56 Å². The van der Waals surface area contributed by atoms with Crippen LogP contribution in [0, 0.1) is 0 Å². The van der Waals surface area contributed by atoms with Crippen LogP contribution in [0.5, 0.6) is 11.6 Å². The van der Waals surface area contributed by atoms with Crippen LogP contribution in [0.15, 0.2) is 24.5 Å². The smallest absolute Gasteiger partial charge is 0.266 e. The van der Waals surface area contributed by atoms with Crippen LogP contribution < -0.4 is 14.8 Å². The summed E-state index contributed by atoms with van der Waals surface area (Å²) in [5.41, 5.74) is 2.35. The molecule has 3 aromatic rings. The molecule has 0 bridgehead atoms. The standard InChI is InChI=1S/C21H19ClN4O4S/c1-10(2)11-4-5-12-13(6-11)30-21(7-29-8-21)16-15(12)25-20(31-16)26-18(27)14-17(22)23-9-24-19(14)28-3/h4-6,9-10H,7-8H2,1-3H3,(H,25,26,27). The second-order valence-corrected chi connectivity index (χ2v) is 9.06. The SMILES string of the molecule is COc1ncnc(Cl)c1C(=O)Nc1nc2c(s1)C1(COC1)Oc1cc(C(C)C)ccc1-2. The van der Waals surface area contributed by atoms with Gasteiger partial charge in [-0.3, -0.25) is 10.1 Å². The number of nitrogens with one attached hydrogen (secondary N) is 1. The lowest BCUT2D eigenvalue weighted by molar-refractivity contribution is -0.167. The van der Waals surface area contributed by atoms with Gasteiger partial charge in [0.15, 0.2) is 10.7 Å². The third-order valence-electron chi connectivity index (χ3n) is 5.35. The summed E-state index contributed by atoms with van der Waals surface area (Å²) in [7, 11) is 1.41. The van der Waals surface area contributed by atoms with Gasteiger partial charge < -0.3 is 14.2 Å². The Kier molecular flexibility index (Phi) is 4.84. The summed E-state index contributed by atoms with van der Waals surface area (Å²) >= 11 is 7.47. The number of methoxy groups -OCH3 is 1. The van der Waals surface area contributed by atoms with Crippen molar-refractivity contribution >= 4 is 34.0 Å². The van der Waals surface area contributed by atoms with E-state index in [-0.39, 0.29) is 16.6 Å². The molecule has 0 radical (unpaired) electrons. The van der Waals surface area contributed by atoms with E-state index in [0.29, 0.717) is 24.3 Å². The molecular weight excluding hydrogens is 440 g/mol. The van der Waals surface area contributed by atoms with Crippen LogP contribution in [0.3, 0.4) is 0 Å². The number of carbonyl (C=O) groups is 1. The number of halogens is 1. The van der Waals surface area contributed by atoms with Crippen molar-refractivity contribution < 1.29 is 19.0 Å². The first-order valence-electron chi connectivity index (χ1n) is 9.70. The number of amides is 1. The van der Waals surface area contributed by atoms with Gasteiger partial charge in [-0.15, -0.1) is 0 Å². The van der Waals surface area contributed by atoms with E-state index in [1.54, 1.807) is 0 Å². The van der Waals surface area contributed by atoms with Crippen molar-refractivity contribution in [1.29, 1.82) is 0 Å². The van der Waals surface area contributed by atoms with Crippen LogP contribution in [0.4, 0.5) is 5.13 Å². The van der Waals surface area contributed by atoms with Crippen LogP contribution in [0.2, 0.25) is 5.15 Å². The van der Waals surface area contributed by atoms with Crippen molar-refractivity contribution in [3.63, 3.8) is 0 Å². The van der Waals surface area contributed by atoms with E-state index in [1.807, 2.05) is 6.07 Å². The maximum atomic E-state index is 12.9. The average Bonchev–Trinajstić information content (AvgIpc) is 3.14. The van der Waals surface area contributed by atoms with E-state index in [9.17, 15) is 4.79 Å². The molecule has 1 N–H and O–H groups in total. The number of nitrogens with zero attached hydrogens (tertiary/aromatic N) is 3. The number of anilines is 1. The number of thiazole rings is 1. The fourth-order valence-electron chi connectivity index (χ4n) is 3.63. The van der Waals surface area contributed by atoms with Gasteiger partial charge in [0.1, 0.15) is 22.8 Å². The molecule has 0 atom stereocenters. The number of benzene rings is 1. The van der Waals surface area contributed by atoms with Crippen LogP contribution in [0.1, 0.15) is 40.6 Å². The van der Waals surface area contributed by atoms with Crippen molar-refractivity contribution in [3.8, 4) is 22.9 Å². The first-order chi connectivity index (χ1) is 14.9. The van der Waals surface area contributed by atoms with Gasteiger partial charge in [0.05, 0.1) is 30.9 Å². The highest BCUT2D eigenvalue weighted by Gasteiger charge is 2.50. The normalized spacial score (nSPS) is 15.6. The quantitative estimate of drug-likeness (QED) is 0.583. The topological polar surface area (TPSA) is 95.5 Å². The number of carbonyl (C=O) groups excluding carboxylic acids is 1. The van der Waals surface area contributed by atoms with Crippen molar-refractivity contribution in [2.45, 2.75) is 25.4 Å². The number of hydrogen-bond donors (Lipinski definition) is 1. The van der Waals surface area contributed by atoms with E-state index in [1.165, 1.54) is 30.3 Å². The lowest BCUT2D eigenvalue weighted by atomic mass is 9.90. The summed E-state index contributed by atoms with van der Waals surface area (Å²) in [5.74, 6) is 0.759. The molecule has 31 heavy (non-hydrogen) atoms. The van der Waals surface area contributed by atoms with Crippen LogP contribution >= 0.6 is 22.9 Å². The third kappa shape index (κ3) is 3.24. The van der Waals surface area contributed by atoms with Gasteiger partial charge in [-0.1, -0.05) is 42.9 Å². The Morgan fingerprint density at radius 2 is 2.13 bits per heavy atom. The molecule has 1 aromatic carbocycles. The predicted octanol–water partition coefficient (Wildman–Crippen LogP) is 4.26. The van der Waals surface area contributed by atoms with E-state index < -0.39 is 11.5 Å². The zero-order chi connectivity index (χ0) is 21.8. The highest BCUT2D eigenvalue weighted by atomic mass is 35.5. The number of rotatable bonds is 4. The first-order valence-corrected chi connectivity index (χ1v) is 10.9. The molecule has 2 aliphatic heterocycles. The van der Waals surface area contributed by atoms with Crippen molar-refractivity contribution in [1.82, 2.24) is 15.0 Å². The Labute approximate surface area is 187 Å². The molecule has 0 unspecified atom stereocenters. The monoisotopic (exact) mass is 458 g/mol. The maximum absolute atomic E-state index is 12.9. The Hall–Kier alpha value is -2.75. The minimum absolute atomic E-state index is 0.00410. The molecule has 5 rings (SSSR count). The maximum Gasteiger partial charge on any atom is 0.266 e. The molecule has 10 heteroatoms. The van der Waals surface area contributed by atoms with Gasteiger partial charge in [0.2, 0.25) is 5.88 Å². The number of hydrogen-bond acceptors (Lipinski definition) is 8. The number of aromatic nitrogens is 3. The Balaban J connectivity index is 1.54. The van der Waals surface area contributed by atoms with Crippen LogP contribution in [-0.4, -0.2) is 41.2 Å². The minimum atomic E-state index is -0.580. The number of fused-ring (bicyclic) bond motifs is 4. The van der Waals surface area contributed by atoms with Gasteiger partial charge >= 0.3 is 0 Å². The fraction of sp³-hybridized carbons (Fsp3) is 0.333. The minimum Gasteiger partial charge on any atom is -0.480 e. The molecule has 2 aliphatic rings. The Morgan fingerprint density at radius 1 is 1.32 bits per heavy atom. The third-order valence-corrected chi connectivity index (χ3v) is 6.79. The average molecular weight is 459 g/mol. The number of ether oxygens (including phenoxy) is 3. The largest absolute Gasteiger partial charge is 0.480 e. The molecule has 2 aromatic heterocycles. The van der Waals surface area contributed by atoms with Crippen molar-refractivity contribution in [3.05, 3.63) is 45.7 Å². The Bertz CT molecular complexity index is 1190. The lowest BCUT2D eigenvalue weighted by Gasteiger charge is -2.43. The lowest BCUT2D eigenvalue weighted by Crippen LogP contribution is -2.52. The molecule has 0 aliphatic carbocycles. The fourth-order valence-corrected chi connectivity index (χ4v) is 4.91. The molecular formula is C21H19ClN4O4S. The zero-order valence-corrected chi connectivity index (χ0v) is 18.6. The predicted molar refractivity (Wildman–Crippen MR) is 116 cm³/mol. The zero-order valence-electron chi connectivity index (χ0n) is 17.1. The summed E-state index contributed by atoms with van der Waals surface area (Å²) in [6, 6.07) is 6.16. The van der Waals surface area contributed by atoms with Gasteiger partial charge in [-0.2, -0.15) is 0 Å². The summed E-state index contributed by atoms with van der Waals surface area (Å²) < 4.78 is 17.0.